The van der Waals surface area contributed by atoms with E-state index in [2.05, 4.69) is 26.1 Å². The van der Waals surface area contributed by atoms with Gasteiger partial charge in [0.2, 0.25) is 0 Å². The second-order valence-corrected chi connectivity index (χ2v) is 7.42. The molecule has 0 aromatic heterocycles. The molecule has 1 saturated heterocycles. The number of nitrogens with one attached hydrogen (secondary N) is 1. The minimum absolute atomic E-state index is 0.168. The zero-order valence-corrected chi connectivity index (χ0v) is 14.0. The molecule has 1 rings (SSSR count). The van der Waals surface area contributed by atoms with Gasteiger partial charge in [0.15, 0.2) is 0 Å². The summed E-state index contributed by atoms with van der Waals surface area (Å²) in [6.45, 7) is 15.1. The number of likely N-dealkylation sites (tertiary alicyclic amines) is 1. The highest BCUT2D eigenvalue weighted by Crippen LogP contribution is 2.22. The highest BCUT2D eigenvalue weighted by Gasteiger charge is 2.29. The first kappa shape index (κ1) is 17.3. The summed E-state index contributed by atoms with van der Waals surface area (Å²) in [5, 5.41) is 3.58. The van der Waals surface area contributed by atoms with Crippen molar-refractivity contribution in [2.24, 2.45) is 11.8 Å². The van der Waals surface area contributed by atoms with E-state index >= 15 is 0 Å². The molecule has 1 aliphatic heterocycles. The van der Waals surface area contributed by atoms with Crippen molar-refractivity contribution < 1.29 is 9.53 Å². The van der Waals surface area contributed by atoms with E-state index in [1.165, 1.54) is 6.42 Å². The summed E-state index contributed by atoms with van der Waals surface area (Å²) in [6.07, 6.45) is 2.08. The molecule has 4 nitrogen and oxygen atoms in total. The van der Waals surface area contributed by atoms with Crippen LogP contribution in [0.25, 0.3) is 0 Å². The van der Waals surface area contributed by atoms with Crippen molar-refractivity contribution in [3.05, 3.63) is 0 Å². The maximum atomic E-state index is 12.1. The average molecular weight is 284 g/mol. The Morgan fingerprint density at radius 1 is 1.35 bits per heavy atom. The van der Waals surface area contributed by atoms with Crippen molar-refractivity contribution in [1.82, 2.24) is 10.2 Å². The zero-order chi connectivity index (χ0) is 15.3. The Morgan fingerprint density at radius 3 is 2.55 bits per heavy atom. The molecule has 1 amide bonds. The maximum Gasteiger partial charge on any atom is 0.410 e. The van der Waals surface area contributed by atoms with E-state index in [-0.39, 0.29) is 6.09 Å². The van der Waals surface area contributed by atoms with Crippen LogP contribution in [0, 0.1) is 11.8 Å². The van der Waals surface area contributed by atoms with Gasteiger partial charge >= 0.3 is 6.09 Å². The molecule has 4 heteroatoms. The van der Waals surface area contributed by atoms with Crippen LogP contribution in [0.1, 0.15) is 54.4 Å². The molecule has 2 atom stereocenters. The van der Waals surface area contributed by atoms with Crippen LogP contribution in [0.15, 0.2) is 0 Å². The van der Waals surface area contributed by atoms with E-state index in [1.807, 2.05) is 25.7 Å². The number of carbonyl (C=O) groups excluding carboxylic acids is 1. The second kappa shape index (κ2) is 7.30. The summed E-state index contributed by atoms with van der Waals surface area (Å²) in [4.78, 5) is 14.0. The molecule has 1 N–H and O–H groups in total. The lowest BCUT2D eigenvalue weighted by Crippen LogP contribution is -2.48. The third-order valence-electron chi connectivity index (χ3n) is 3.66. The Morgan fingerprint density at radius 2 is 2.00 bits per heavy atom. The summed E-state index contributed by atoms with van der Waals surface area (Å²) >= 11 is 0. The molecule has 0 aromatic carbocycles. The van der Waals surface area contributed by atoms with E-state index < -0.39 is 5.60 Å². The number of rotatable bonds is 4. The van der Waals surface area contributed by atoms with E-state index in [9.17, 15) is 4.79 Å². The number of piperidine rings is 1. The zero-order valence-electron chi connectivity index (χ0n) is 14.0. The van der Waals surface area contributed by atoms with Crippen molar-refractivity contribution in [2.45, 2.75) is 66.0 Å². The lowest BCUT2D eigenvalue weighted by Gasteiger charge is -2.37. The molecular weight excluding hydrogens is 252 g/mol. The number of ether oxygens (including phenoxy) is 1. The molecule has 0 spiro atoms. The second-order valence-electron chi connectivity index (χ2n) is 7.42. The Bertz CT molecular complexity index is 310. The van der Waals surface area contributed by atoms with Crippen LogP contribution < -0.4 is 5.32 Å². The molecule has 2 unspecified atom stereocenters. The highest BCUT2D eigenvalue weighted by atomic mass is 16.6. The van der Waals surface area contributed by atoms with Crippen molar-refractivity contribution >= 4 is 6.09 Å². The molecular formula is C16H32N2O2. The lowest BCUT2D eigenvalue weighted by atomic mass is 9.91. The van der Waals surface area contributed by atoms with Crippen molar-refractivity contribution in [1.29, 1.82) is 0 Å². The molecule has 0 radical (unpaired) electrons. The molecule has 1 fully saturated rings. The Labute approximate surface area is 124 Å². The molecule has 118 valence electrons. The van der Waals surface area contributed by atoms with Gasteiger partial charge in [-0.3, -0.25) is 0 Å². The van der Waals surface area contributed by atoms with Crippen LogP contribution in [0.3, 0.4) is 0 Å². The normalized spacial score (nSPS) is 21.9. The third kappa shape index (κ3) is 6.12. The topological polar surface area (TPSA) is 41.6 Å². The number of hydrogen-bond donors (Lipinski definition) is 1. The standard InChI is InChI=1S/C16H32N2O2/c1-12(2)10-17-13(3)14-8-7-9-18(11-14)15(19)20-16(4,5)6/h12-14,17H,7-11H2,1-6H3. The third-order valence-corrected chi connectivity index (χ3v) is 3.66. The van der Waals surface area contributed by atoms with Gasteiger partial charge in [-0.25, -0.2) is 4.79 Å². The van der Waals surface area contributed by atoms with Crippen LogP contribution in [0.5, 0.6) is 0 Å². The molecule has 0 aliphatic carbocycles. The summed E-state index contributed by atoms with van der Waals surface area (Å²) in [5.41, 5.74) is -0.411. The summed E-state index contributed by atoms with van der Waals surface area (Å²) < 4.78 is 5.47. The first-order chi connectivity index (χ1) is 9.19. The molecule has 20 heavy (non-hydrogen) atoms. The minimum Gasteiger partial charge on any atom is -0.444 e. The Hall–Kier alpha value is -0.770. The van der Waals surface area contributed by atoms with Gasteiger partial charge in [-0.05, 0) is 58.9 Å². The monoisotopic (exact) mass is 284 g/mol. The van der Waals surface area contributed by atoms with Gasteiger partial charge in [-0.15, -0.1) is 0 Å². The van der Waals surface area contributed by atoms with Gasteiger partial charge in [0, 0.05) is 19.1 Å². The van der Waals surface area contributed by atoms with Crippen molar-refractivity contribution in [3.63, 3.8) is 0 Å². The SMILES string of the molecule is CC(C)CNC(C)C1CCCN(C(=O)OC(C)(C)C)C1. The average Bonchev–Trinajstić information content (AvgIpc) is 2.34. The predicted molar refractivity (Wildman–Crippen MR) is 82.8 cm³/mol. The van der Waals surface area contributed by atoms with E-state index in [1.54, 1.807) is 0 Å². The molecule has 1 heterocycles. The summed E-state index contributed by atoms with van der Waals surface area (Å²) in [7, 11) is 0. The number of hydrogen-bond acceptors (Lipinski definition) is 3. The van der Waals surface area contributed by atoms with Crippen molar-refractivity contribution in [2.75, 3.05) is 19.6 Å². The predicted octanol–water partition coefficient (Wildman–Crippen LogP) is 3.27. The fourth-order valence-corrected chi connectivity index (χ4v) is 2.50. The van der Waals surface area contributed by atoms with Gasteiger partial charge in [0.05, 0.1) is 0 Å². The maximum absolute atomic E-state index is 12.1. The smallest absolute Gasteiger partial charge is 0.410 e. The van der Waals surface area contributed by atoms with E-state index in [4.69, 9.17) is 4.74 Å². The molecule has 1 aliphatic rings. The van der Waals surface area contributed by atoms with Gasteiger partial charge in [0.25, 0.3) is 0 Å². The van der Waals surface area contributed by atoms with Gasteiger partial charge < -0.3 is 15.0 Å². The van der Waals surface area contributed by atoms with Gasteiger partial charge in [-0.2, -0.15) is 0 Å². The molecule has 0 aromatic rings. The first-order valence-electron chi connectivity index (χ1n) is 7.90. The molecule has 0 saturated carbocycles. The van der Waals surface area contributed by atoms with Crippen LogP contribution in [0.2, 0.25) is 0 Å². The largest absolute Gasteiger partial charge is 0.444 e. The molecule has 0 bridgehead atoms. The summed E-state index contributed by atoms with van der Waals surface area (Å²) in [5.74, 6) is 1.18. The van der Waals surface area contributed by atoms with Crippen LogP contribution in [-0.4, -0.2) is 42.3 Å². The van der Waals surface area contributed by atoms with Gasteiger partial charge in [-0.1, -0.05) is 13.8 Å². The Kier molecular flexibility index (Phi) is 6.31. The highest BCUT2D eigenvalue weighted by molar-refractivity contribution is 5.68. The Balaban J connectivity index is 2.47. The number of nitrogens with zero attached hydrogens (tertiary/aromatic N) is 1. The van der Waals surface area contributed by atoms with E-state index in [0.717, 1.165) is 26.1 Å². The van der Waals surface area contributed by atoms with E-state index in [0.29, 0.717) is 17.9 Å². The number of carbonyl (C=O) groups is 1. The first-order valence-corrected chi connectivity index (χ1v) is 7.90. The fourth-order valence-electron chi connectivity index (χ4n) is 2.50. The minimum atomic E-state index is -0.411. The number of amides is 1. The van der Waals surface area contributed by atoms with Crippen LogP contribution in [0.4, 0.5) is 4.79 Å². The summed E-state index contributed by atoms with van der Waals surface area (Å²) in [6, 6.07) is 0.447. The van der Waals surface area contributed by atoms with Crippen LogP contribution >= 0.6 is 0 Å². The lowest BCUT2D eigenvalue weighted by molar-refractivity contribution is 0.0148. The van der Waals surface area contributed by atoms with Crippen LogP contribution in [-0.2, 0) is 4.74 Å². The fraction of sp³-hybridized carbons (Fsp3) is 0.938. The van der Waals surface area contributed by atoms with Gasteiger partial charge in [0.1, 0.15) is 5.60 Å². The quantitative estimate of drug-likeness (QED) is 0.861. The van der Waals surface area contributed by atoms with Crippen molar-refractivity contribution in [3.8, 4) is 0 Å².